The minimum absolute atomic E-state index is 0.0430. The summed E-state index contributed by atoms with van der Waals surface area (Å²) in [6.45, 7) is 0. The van der Waals surface area contributed by atoms with Crippen LogP contribution in [-0.2, 0) is 22.4 Å². The molecule has 0 saturated carbocycles. The highest BCUT2D eigenvalue weighted by molar-refractivity contribution is 7.17. The van der Waals surface area contributed by atoms with E-state index in [1.807, 2.05) is 0 Å². The highest BCUT2D eigenvalue weighted by Gasteiger charge is 2.25. The summed E-state index contributed by atoms with van der Waals surface area (Å²) >= 11 is 1.43. The SMILES string of the molecule is COC(=O)c1c(NC(=O)/C=C/c2cccc([N+](=O)[O-])c2)sc2c1CCCCCC2. The molecule has 1 aromatic heterocycles. The van der Waals surface area contributed by atoms with E-state index in [9.17, 15) is 19.7 Å². The van der Waals surface area contributed by atoms with Crippen molar-refractivity contribution < 1.29 is 19.2 Å². The van der Waals surface area contributed by atoms with Gasteiger partial charge in [0, 0.05) is 23.1 Å². The monoisotopic (exact) mass is 414 g/mol. The average Bonchev–Trinajstić information content (AvgIpc) is 3.02. The van der Waals surface area contributed by atoms with Gasteiger partial charge in [0.05, 0.1) is 17.6 Å². The summed E-state index contributed by atoms with van der Waals surface area (Å²) in [5, 5.41) is 14.2. The molecule has 0 spiro atoms. The average molecular weight is 414 g/mol. The summed E-state index contributed by atoms with van der Waals surface area (Å²) in [4.78, 5) is 36.3. The van der Waals surface area contributed by atoms with Gasteiger partial charge in [-0.2, -0.15) is 0 Å². The van der Waals surface area contributed by atoms with Gasteiger partial charge in [-0.3, -0.25) is 14.9 Å². The molecule has 0 saturated heterocycles. The smallest absolute Gasteiger partial charge is 0.341 e. The van der Waals surface area contributed by atoms with Crippen molar-refractivity contribution in [1.82, 2.24) is 0 Å². The molecule has 7 nitrogen and oxygen atoms in total. The number of esters is 1. The zero-order valence-corrected chi connectivity index (χ0v) is 16.9. The van der Waals surface area contributed by atoms with Gasteiger partial charge in [0.1, 0.15) is 5.00 Å². The van der Waals surface area contributed by atoms with Crippen LogP contribution in [0.5, 0.6) is 0 Å². The number of fused-ring (bicyclic) bond motifs is 1. The largest absolute Gasteiger partial charge is 0.465 e. The van der Waals surface area contributed by atoms with Crippen LogP contribution in [0.15, 0.2) is 30.3 Å². The second-order valence-corrected chi connectivity index (χ2v) is 7.89. The summed E-state index contributed by atoms with van der Waals surface area (Å²) in [6.07, 6.45) is 8.87. The lowest BCUT2D eigenvalue weighted by Crippen LogP contribution is -2.12. The lowest BCUT2D eigenvalue weighted by atomic mass is 9.96. The minimum atomic E-state index is -0.485. The standard InChI is InChI=1S/C21H22N2O5S/c1-28-21(25)19-16-9-4-2-3-5-10-17(16)29-20(19)22-18(24)12-11-14-7-6-8-15(13-14)23(26)27/h6-8,11-13H,2-5,9-10H2,1H3,(H,22,24)/b12-11+. The molecule has 152 valence electrons. The van der Waals surface area contributed by atoms with Crippen molar-refractivity contribution in [2.24, 2.45) is 0 Å². The normalized spacial score (nSPS) is 14.0. The first kappa shape index (κ1) is 20.7. The number of non-ortho nitro benzene ring substituents is 1. The van der Waals surface area contributed by atoms with E-state index in [0.29, 0.717) is 16.1 Å². The topological polar surface area (TPSA) is 98.5 Å². The highest BCUT2D eigenvalue weighted by Crippen LogP contribution is 2.37. The fourth-order valence-corrected chi connectivity index (χ4v) is 4.67. The van der Waals surface area contributed by atoms with Gasteiger partial charge in [-0.05, 0) is 42.9 Å². The molecular weight excluding hydrogens is 392 g/mol. The number of hydrogen-bond acceptors (Lipinski definition) is 6. The van der Waals surface area contributed by atoms with Crippen molar-refractivity contribution in [3.05, 3.63) is 62.0 Å². The number of benzene rings is 1. The summed E-state index contributed by atoms with van der Waals surface area (Å²) in [5.74, 6) is -0.850. The van der Waals surface area contributed by atoms with Crippen LogP contribution in [0, 0.1) is 10.1 Å². The number of amides is 1. The number of nitrogens with zero attached hydrogens (tertiary/aromatic N) is 1. The van der Waals surface area contributed by atoms with Crippen molar-refractivity contribution in [2.45, 2.75) is 38.5 Å². The number of thiophene rings is 1. The molecule has 0 aliphatic heterocycles. The van der Waals surface area contributed by atoms with Crippen LogP contribution in [0.25, 0.3) is 6.08 Å². The Hall–Kier alpha value is -3.00. The zero-order chi connectivity index (χ0) is 20.8. The number of ether oxygens (including phenoxy) is 1. The van der Waals surface area contributed by atoms with Crippen LogP contribution in [0.2, 0.25) is 0 Å². The zero-order valence-electron chi connectivity index (χ0n) is 16.1. The van der Waals surface area contributed by atoms with Crippen molar-refractivity contribution in [3.63, 3.8) is 0 Å². The van der Waals surface area contributed by atoms with Gasteiger partial charge in [0.25, 0.3) is 5.69 Å². The Kier molecular flexibility index (Phi) is 6.77. The summed E-state index contributed by atoms with van der Waals surface area (Å²) < 4.78 is 4.95. The molecule has 8 heteroatoms. The predicted octanol–water partition coefficient (Wildman–Crippen LogP) is 4.75. The number of nitro groups is 1. The third kappa shape index (κ3) is 5.08. The number of methoxy groups -OCH3 is 1. The number of carbonyl (C=O) groups is 2. The molecule has 1 heterocycles. The third-order valence-corrected chi connectivity index (χ3v) is 6.01. The second-order valence-electron chi connectivity index (χ2n) is 6.79. The first-order valence-electron chi connectivity index (χ1n) is 9.46. The van der Waals surface area contributed by atoms with E-state index in [0.717, 1.165) is 42.5 Å². The maximum absolute atomic E-state index is 12.4. The minimum Gasteiger partial charge on any atom is -0.465 e. The van der Waals surface area contributed by atoms with E-state index in [2.05, 4.69) is 5.32 Å². The molecule has 29 heavy (non-hydrogen) atoms. The van der Waals surface area contributed by atoms with Gasteiger partial charge in [-0.1, -0.05) is 25.0 Å². The van der Waals surface area contributed by atoms with Crippen LogP contribution >= 0.6 is 11.3 Å². The van der Waals surface area contributed by atoms with Crippen LogP contribution in [0.1, 0.15) is 52.0 Å². The molecule has 1 N–H and O–H groups in total. The molecule has 0 fully saturated rings. The number of rotatable bonds is 5. The fourth-order valence-electron chi connectivity index (χ4n) is 3.39. The molecule has 0 unspecified atom stereocenters. The first-order valence-corrected chi connectivity index (χ1v) is 10.3. The Morgan fingerprint density at radius 2 is 1.97 bits per heavy atom. The van der Waals surface area contributed by atoms with E-state index in [1.165, 1.54) is 49.2 Å². The van der Waals surface area contributed by atoms with Crippen molar-refractivity contribution in [3.8, 4) is 0 Å². The van der Waals surface area contributed by atoms with Crippen LogP contribution in [0.3, 0.4) is 0 Å². The Labute approximate surface area is 172 Å². The molecule has 0 atom stereocenters. The quantitative estimate of drug-likeness (QED) is 0.329. The first-order chi connectivity index (χ1) is 14.0. The van der Waals surface area contributed by atoms with Crippen LogP contribution < -0.4 is 5.32 Å². The number of nitrogens with one attached hydrogen (secondary N) is 1. The summed E-state index contributed by atoms with van der Waals surface area (Å²) in [6, 6.07) is 6.01. The number of nitro benzene ring substituents is 1. The number of hydrogen-bond donors (Lipinski definition) is 1. The molecule has 3 rings (SSSR count). The van der Waals surface area contributed by atoms with Gasteiger partial charge in [-0.15, -0.1) is 11.3 Å². The van der Waals surface area contributed by atoms with E-state index in [-0.39, 0.29) is 5.69 Å². The van der Waals surface area contributed by atoms with Gasteiger partial charge in [0.2, 0.25) is 5.91 Å². The van der Waals surface area contributed by atoms with E-state index < -0.39 is 16.8 Å². The molecule has 1 amide bonds. The van der Waals surface area contributed by atoms with Gasteiger partial charge >= 0.3 is 5.97 Å². The van der Waals surface area contributed by atoms with Crippen LogP contribution in [0.4, 0.5) is 10.7 Å². The number of anilines is 1. The maximum Gasteiger partial charge on any atom is 0.341 e. The van der Waals surface area contributed by atoms with Gasteiger partial charge in [-0.25, -0.2) is 4.79 Å². The van der Waals surface area contributed by atoms with Crippen molar-refractivity contribution in [2.75, 3.05) is 12.4 Å². The van der Waals surface area contributed by atoms with Crippen molar-refractivity contribution >= 4 is 40.0 Å². The lowest BCUT2D eigenvalue weighted by Gasteiger charge is -2.10. The highest BCUT2D eigenvalue weighted by atomic mass is 32.1. The Bertz CT molecular complexity index is 964. The van der Waals surface area contributed by atoms with Gasteiger partial charge in [0.15, 0.2) is 0 Å². The molecule has 1 aromatic carbocycles. The molecule has 1 aliphatic carbocycles. The summed E-state index contributed by atoms with van der Waals surface area (Å²) in [7, 11) is 1.34. The summed E-state index contributed by atoms with van der Waals surface area (Å²) in [5.41, 5.74) is 1.94. The molecule has 0 radical (unpaired) electrons. The van der Waals surface area contributed by atoms with Gasteiger partial charge < -0.3 is 10.1 Å². The van der Waals surface area contributed by atoms with E-state index in [1.54, 1.807) is 12.1 Å². The Balaban J connectivity index is 1.82. The molecule has 0 bridgehead atoms. The molecule has 2 aromatic rings. The maximum atomic E-state index is 12.4. The fraction of sp³-hybridized carbons (Fsp3) is 0.333. The van der Waals surface area contributed by atoms with Crippen LogP contribution in [-0.4, -0.2) is 23.9 Å². The van der Waals surface area contributed by atoms with E-state index in [4.69, 9.17) is 4.74 Å². The number of carbonyl (C=O) groups excluding carboxylic acids is 2. The van der Waals surface area contributed by atoms with E-state index >= 15 is 0 Å². The Morgan fingerprint density at radius 3 is 2.69 bits per heavy atom. The Morgan fingerprint density at radius 1 is 1.21 bits per heavy atom. The predicted molar refractivity (Wildman–Crippen MR) is 112 cm³/mol. The third-order valence-electron chi connectivity index (χ3n) is 4.81. The molecular formula is C21H22N2O5S. The molecule has 1 aliphatic rings. The second kappa shape index (κ2) is 9.47. The number of aryl methyl sites for hydroxylation is 1. The lowest BCUT2D eigenvalue weighted by molar-refractivity contribution is -0.384. The van der Waals surface area contributed by atoms with Crippen molar-refractivity contribution in [1.29, 1.82) is 0 Å².